The summed E-state index contributed by atoms with van der Waals surface area (Å²) in [5, 5.41) is 0. The molecule has 0 amide bonds. The summed E-state index contributed by atoms with van der Waals surface area (Å²) >= 11 is 0. The van der Waals surface area contributed by atoms with Crippen molar-refractivity contribution in [3.8, 4) is 5.75 Å². The van der Waals surface area contributed by atoms with Crippen molar-refractivity contribution in [3.05, 3.63) is 36.8 Å². The summed E-state index contributed by atoms with van der Waals surface area (Å²) in [5.41, 5.74) is 1.04. The second-order valence-corrected chi connectivity index (χ2v) is 3.86. The summed E-state index contributed by atoms with van der Waals surface area (Å²) in [5.74, 6) is 0.424. The van der Waals surface area contributed by atoms with Gasteiger partial charge in [0, 0.05) is 18.4 Å². The average molecular weight is 205 g/mol. The van der Waals surface area contributed by atoms with Crippen LogP contribution in [0.25, 0.3) is 0 Å². The Morgan fingerprint density at radius 3 is 2.60 bits per heavy atom. The van der Waals surface area contributed by atoms with E-state index in [0.717, 1.165) is 24.2 Å². The van der Waals surface area contributed by atoms with Gasteiger partial charge in [-0.05, 0) is 13.0 Å². The largest absolute Gasteiger partial charge is 0.462 e. The molecule has 81 valence electrons. The molecule has 1 aromatic rings. The third kappa shape index (κ3) is 1.74. The van der Waals surface area contributed by atoms with E-state index in [0.29, 0.717) is 0 Å². The van der Waals surface area contributed by atoms with Crippen LogP contribution in [-0.4, -0.2) is 5.79 Å². The monoisotopic (exact) mass is 205 g/mol. The van der Waals surface area contributed by atoms with E-state index < -0.39 is 5.79 Å². The fraction of sp³-hybridized carbons (Fsp3) is 0.462. The smallest absolute Gasteiger partial charge is 0.210 e. The number of hydrogen-bond donors (Lipinski definition) is 0. The SMILES string of the molecule is [CH2]C1OC(CC)(CC)Oc2ccccc21. The molecular weight excluding hydrogens is 188 g/mol. The molecule has 0 N–H and O–H groups in total. The number of rotatable bonds is 2. The van der Waals surface area contributed by atoms with E-state index in [1.54, 1.807) is 0 Å². The van der Waals surface area contributed by atoms with Gasteiger partial charge in [-0.15, -0.1) is 0 Å². The fourth-order valence-electron chi connectivity index (χ4n) is 1.95. The van der Waals surface area contributed by atoms with Crippen molar-refractivity contribution in [3.63, 3.8) is 0 Å². The van der Waals surface area contributed by atoms with Gasteiger partial charge in [-0.1, -0.05) is 32.0 Å². The topological polar surface area (TPSA) is 18.5 Å². The summed E-state index contributed by atoms with van der Waals surface area (Å²) in [6.45, 7) is 8.17. The van der Waals surface area contributed by atoms with E-state index in [2.05, 4.69) is 20.8 Å². The second-order valence-electron chi connectivity index (χ2n) is 3.86. The first kappa shape index (κ1) is 10.5. The lowest BCUT2D eigenvalue weighted by Gasteiger charge is -2.40. The Labute approximate surface area is 91.2 Å². The minimum absolute atomic E-state index is 0.130. The Kier molecular flexibility index (Phi) is 2.70. The standard InChI is InChI=1S/C13H17O2/c1-4-13(5-2)14-10(3)11-8-6-7-9-12(11)15-13/h6-10H,3-5H2,1-2H3. The van der Waals surface area contributed by atoms with Gasteiger partial charge in [0.1, 0.15) is 5.75 Å². The first-order chi connectivity index (χ1) is 7.21. The molecule has 2 nitrogen and oxygen atoms in total. The van der Waals surface area contributed by atoms with Gasteiger partial charge >= 0.3 is 0 Å². The Morgan fingerprint density at radius 2 is 1.93 bits per heavy atom. The Hall–Kier alpha value is -1.02. The maximum absolute atomic E-state index is 5.93. The number of fused-ring (bicyclic) bond motifs is 1. The third-order valence-corrected chi connectivity index (χ3v) is 3.00. The molecule has 1 aliphatic heterocycles. The van der Waals surface area contributed by atoms with E-state index in [1.165, 1.54) is 0 Å². The maximum atomic E-state index is 5.93. The van der Waals surface area contributed by atoms with E-state index in [-0.39, 0.29) is 6.10 Å². The summed E-state index contributed by atoms with van der Waals surface area (Å²) in [6.07, 6.45) is 1.54. The number of hydrogen-bond acceptors (Lipinski definition) is 2. The predicted molar refractivity (Wildman–Crippen MR) is 59.6 cm³/mol. The Morgan fingerprint density at radius 1 is 1.27 bits per heavy atom. The zero-order valence-corrected chi connectivity index (χ0v) is 9.32. The van der Waals surface area contributed by atoms with Crippen LogP contribution >= 0.6 is 0 Å². The lowest BCUT2D eigenvalue weighted by Crippen LogP contribution is -2.42. The molecule has 1 heterocycles. The number of benzene rings is 1. The first-order valence-corrected chi connectivity index (χ1v) is 5.49. The van der Waals surface area contributed by atoms with E-state index in [4.69, 9.17) is 9.47 Å². The van der Waals surface area contributed by atoms with Crippen LogP contribution < -0.4 is 4.74 Å². The highest BCUT2D eigenvalue weighted by atomic mass is 16.7. The minimum atomic E-state index is -0.485. The van der Waals surface area contributed by atoms with Crippen molar-refractivity contribution in [1.82, 2.24) is 0 Å². The molecule has 2 rings (SSSR count). The first-order valence-electron chi connectivity index (χ1n) is 5.49. The van der Waals surface area contributed by atoms with Crippen LogP contribution in [0, 0.1) is 6.92 Å². The molecule has 0 bridgehead atoms. The number of para-hydroxylation sites is 1. The van der Waals surface area contributed by atoms with Gasteiger partial charge in [0.25, 0.3) is 0 Å². The molecule has 0 fully saturated rings. The normalized spacial score (nSPS) is 23.0. The van der Waals surface area contributed by atoms with Gasteiger partial charge < -0.3 is 9.47 Å². The zero-order chi connectivity index (χ0) is 10.9. The summed E-state index contributed by atoms with van der Waals surface area (Å²) in [7, 11) is 0. The highest BCUT2D eigenvalue weighted by Crippen LogP contribution is 2.40. The van der Waals surface area contributed by atoms with Crippen LogP contribution in [-0.2, 0) is 4.74 Å². The van der Waals surface area contributed by atoms with Crippen molar-refractivity contribution < 1.29 is 9.47 Å². The molecular formula is C13H17O2. The van der Waals surface area contributed by atoms with Crippen molar-refractivity contribution in [1.29, 1.82) is 0 Å². The molecule has 0 saturated heterocycles. The molecule has 1 unspecified atom stereocenters. The third-order valence-electron chi connectivity index (χ3n) is 3.00. The summed E-state index contributed by atoms with van der Waals surface area (Å²) < 4.78 is 11.8. The highest BCUT2D eigenvalue weighted by molar-refractivity contribution is 5.37. The maximum Gasteiger partial charge on any atom is 0.210 e. The summed E-state index contributed by atoms with van der Waals surface area (Å²) in [4.78, 5) is 0. The molecule has 2 heteroatoms. The van der Waals surface area contributed by atoms with Gasteiger partial charge in [0.2, 0.25) is 5.79 Å². The average Bonchev–Trinajstić information content (AvgIpc) is 2.29. The van der Waals surface area contributed by atoms with Crippen LogP contribution in [0.3, 0.4) is 0 Å². The van der Waals surface area contributed by atoms with E-state index in [9.17, 15) is 0 Å². The number of ether oxygens (including phenoxy) is 2. The molecule has 15 heavy (non-hydrogen) atoms. The molecule has 0 aliphatic carbocycles. The Bertz CT molecular complexity index is 342. The fourth-order valence-corrected chi connectivity index (χ4v) is 1.95. The molecule has 1 atom stereocenters. The zero-order valence-electron chi connectivity index (χ0n) is 9.32. The van der Waals surface area contributed by atoms with Crippen LogP contribution in [0.2, 0.25) is 0 Å². The van der Waals surface area contributed by atoms with Gasteiger partial charge in [-0.2, -0.15) is 0 Å². The second kappa shape index (κ2) is 3.86. The minimum Gasteiger partial charge on any atom is -0.462 e. The van der Waals surface area contributed by atoms with Crippen LogP contribution in [0.4, 0.5) is 0 Å². The predicted octanol–water partition coefficient (Wildman–Crippen LogP) is 3.49. The van der Waals surface area contributed by atoms with Crippen molar-refractivity contribution in [2.24, 2.45) is 0 Å². The highest BCUT2D eigenvalue weighted by Gasteiger charge is 2.37. The molecule has 0 aromatic heterocycles. The van der Waals surface area contributed by atoms with Crippen molar-refractivity contribution >= 4 is 0 Å². The van der Waals surface area contributed by atoms with E-state index in [1.807, 2.05) is 24.3 Å². The molecule has 1 aliphatic rings. The van der Waals surface area contributed by atoms with Crippen LogP contribution in [0.5, 0.6) is 5.75 Å². The van der Waals surface area contributed by atoms with Gasteiger partial charge in [0.15, 0.2) is 0 Å². The molecule has 0 saturated carbocycles. The summed E-state index contributed by atoms with van der Waals surface area (Å²) in [6, 6.07) is 7.94. The van der Waals surface area contributed by atoms with Gasteiger partial charge in [-0.3, -0.25) is 0 Å². The molecule has 1 radical (unpaired) electrons. The van der Waals surface area contributed by atoms with Gasteiger partial charge in [-0.25, -0.2) is 0 Å². The lowest BCUT2D eigenvalue weighted by molar-refractivity contribution is -0.222. The van der Waals surface area contributed by atoms with E-state index >= 15 is 0 Å². The molecule has 0 spiro atoms. The van der Waals surface area contributed by atoms with Crippen molar-refractivity contribution in [2.75, 3.05) is 0 Å². The van der Waals surface area contributed by atoms with Crippen molar-refractivity contribution in [2.45, 2.75) is 38.6 Å². The molecule has 1 aromatic carbocycles. The Balaban J connectivity index is 2.37. The van der Waals surface area contributed by atoms with Crippen LogP contribution in [0.15, 0.2) is 24.3 Å². The quantitative estimate of drug-likeness (QED) is 0.735. The lowest BCUT2D eigenvalue weighted by atomic mass is 10.0. The van der Waals surface area contributed by atoms with Crippen LogP contribution in [0.1, 0.15) is 38.4 Å². The van der Waals surface area contributed by atoms with Gasteiger partial charge in [0.05, 0.1) is 6.10 Å².